The molecular weight excluding hydrogens is 488 g/mol. The van der Waals surface area contributed by atoms with E-state index >= 15 is 0 Å². The summed E-state index contributed by atoms with van der Waals surface area (Å²) in [7, 11) is 5.37. The second-order valence-corrected chi connectivity index (χ2v) is 9.80. The summed E-state index contributed by atoms with van der Waals surface area (Å²) in [6.45, 7) is 6.13. The van der Waals surface area contributed by atoms with Crippen LogP contribution in [0.25, 0.3) is 21.9 Å². The number of fused-ring (bicyclic) bond motifs is 3. The summed E-state index contributed by atoms with van der Waals surface area (Å²) < 4.78 is 34.4. The van der Waals surface area contributed by atoms with Crippen molar-refractivity contribution in [1.82, 2.24) is 9.80 Å². The van der Waals surface area contributed by atoms with Crippen molar-refractivity contribution in [3.63, 3.8) is 0 Å². The fourth-order valence-corrected chi connectivity index (χ4v) is 5.46. The van der Waals surface area contributed by atoms with Crippen LogP contribution in [0.5, 0.6) is 28.7 Å². The highest BCUT2D eigenvalue weighted by molar-refractivity contribution is 6.14. The van der Waals surface area contributed by atoms with Crippen LogP contribution in [0.3, 0.4) is 0 Å². The second kappa shape index (κ2) is 10.2. The first-order valence-electron chi connectivity index (χ1n) is 12.9. The van der Waals surface area contributed by atoms with Gasteiger partial charge in [0.25, 0.3) is 0 Å². The minimum absolute atomic E-state index is 0.157. The monoisotopic (exact) mass is 520 g/mol. The number of cyclic esters (lactones) is 1. The number of benzene rings is 3. The van der Waals surface area contributed by atoms with E-state index < -0.39 is 0 Å². The molecule has 0 radical (unpaired) electrons. The van der Waals surface area contributed by atoms with Crippen LogP contribution in [-0.4, -0.2) is 83.2 Å². The van der Waals surface area contributed by atoms with Gasteiger partial charge < -0.3 is 38.2 Å². The lowest BCUT2D eigenvalue weighted by Gasteiger charge is -2.32. The molecule has 0 N–H and O–H groups in total. The number of rotatable bonds is 8. The summed E-state index contributed by atoms with van der Waals surface area (Å²) in [5, 5.41) is 1.65. The van der Waals surface area contributed by atoms with Crippen LogP contribution in [0, 0.1) is 0 Å². The Balaban J connectivity index is 1.42. The third kappa shape index (κ3) is 4.35. The molecule has 9 heteroatoms. The molecule has 1 fully saturated rings. The molecule has 38 heavy (non-hydrogen) atoms. The van der Waals surface area contributed by atoms with E-state index in [2.05, 4.69) is 16.8 Å². The number of esters is 1. The summed E-state index contributed by atoms with van der Waals surface area (Å²) in [5.74, 6) is 2.76. The van der Waals surface area contributed by atoms with Gasteiger partial charge in [0.15, 0.2) is 23.0 Å². The lowest BCUT2D eigenvalue weighted by Crippen LogP contribution is -2.44. The molecule has 200 valence electrons. The predicted octanol–water partition coefficient (Wildman–Crippen LogP) is 3.94. The number of hydrogen-bond donors (Lipinski definition) is 0. The molecule has 3 aromatic rings. The van der Waals surface area contributed by atoms with Gasteiger partial charge in [0.05, 0.1) is 26.4 Å². The van der Waals surface area contributed by atoms with E-state index in [4.69, 9.17) is 28.4 Å². The molecule has 0 unspecified atom stereocenters. The van der Waals surface area contributed by atoms with Crippen molar-refractivity contribution in [2.45, 2.75) is 13.0 Å². The Morgan fingerprint density at radius 2 is 1.61 bits per heavy atom. The van der Waals surface area contributed by atoms with E-state index in [9.17, 15) is 4.79 Å². The van der Waals surface area contributed by atoms with Gasteiger partial charge in [-0.05, 0) is 48.7 Å². The number of carbonyl (C=O) groups excluding carboxylic acids is 1. The quantitative estimate of drug-likeness (QED) is 0.324. The van der Waals surface area contributed by atoms with Gasteiger partial charge in [-0.2, -0.15) is 0 Å². The third-order valence-corrected chi connectivity index (χ3v) is 7.54. The first-order chi connectivity index (χ1) is 18.6. The standard InChI is InChI=1S/C29H32N2O7/c1-30-8-10-31(11-9-30)7-4-12-35-28-20-15-24(34-3)23(33-2)14-19(20)26(27-21(28)16-36-29(27)32)18-5-6-22-25(13-18)38-17-37-22/h5-6,13-15H,4,7-12,16-17H2,1-3H3. The second-order valence-electron chi connectivity index (χ2n) is 9.80. The smallest absolute Gasteiger partial charge is 0.339 e. The predicted molar refractivity (Wildman–Crippen MR) is 142 cm³/mol. The van der Waals surface area contributed by atoms with Gasteiger partial charge in [-0.3, -0.25) is 0 Å². The van der Waals surface area contributed by atoms with Gasteiger partial charge in [-0.1, -0.05) is 6.07 Å². The first kappa shape index (κ1) is 24.6. The Labute approximate surface area is 221 Å². The van der Waals surface area contributed by atoms with Gasteiger partial charge in [0.2, 0.25) is 6.79 Å². The van der Waals surface area contributed by atoms with Crippen LogP contribution in [0.4, 0.5) is 0 Å². The van der Waals surface area contributed by atoms with E-state index in [1.54, 1.807) is 14.2 Å². The molecule has 9 nitrogen and oxygen atoms in total. The number of ether oxygens (including phenoxy) is 6. The molecule has 3 aliphatic heterocycles. The van der Waals surface area contributed by atoms with E-state index in [0.29, 0.717) is 40.9 Å². The summed E-state index contributed by atoms with van der Waals surface area (Å²) in [4.78, 5) is 17.9. The van der Waals surface area contributed by atoms with Crippen molar-refractivity contribution in [3.05, 3.63) is 41.5 Å². The van der Waals surface area contributed by atoms with E-state index in [-0.39, 0.29) is 19.4 Å². The molecule has 3 heterocycles. The zero-order valence-electron chi connectivity index (χ0n) is 22.0. The fraction of sp³-hybridized carbons (Fsp3) is 0.414. The number of carbonyl (C=O) groups is 1. The average Bonchev–Trinajstić information content (AvgIpc) is 3.57. The summed E-state index contributed by atoms with van der Waals surface area (Å²) in [6.07, 6.45) is 0.881. The minimum atomic E-state index is -0.369. The number of hydrogen-bond acceptors (Lipinski definition) is 9. The highest BCUT2D eigenvalue weighted by Gasteiger charge is 2.33. The van der Waals surface area contributed by atoms with Crippen molar-refractivity contribution >= 4 is 16.7 Å². The van der Waals surface area contributed by atoms with Gasteiger partial charge >= 0.3 is 5.97 Å². The Morgan fingerprint density at radius 1 is 0.868 bits per heavy atom. The van der Waals surface area contributed by atoms with Crippen molar-refractivity contribution in [3.8, 4) is 39.9 Å². The van der Waals surface area contributed by atoms with Gasteiger partial charge in [0.1, 0.15) is 12.4 Å². The van der Waals surface area contributed by atoms with Gasteiger partial charge in [0, 0.05) is 49.2 Å². The summed E-state index contributed by atoms with van der Waals surface area (Å²) >= 11 is 0. The molecule has 0 amide bonds. The van der Waals surface area contributed by atoms with Crippen molar-refractivity contribution in [2.75, 3.05) is 67.4 Å². The lowest BCUT2D eigenvalue weighted by molar-refractivity contribution is 0.0534. The zero-order chi connectivity index (χ0) is 26.2. The van der Waals surface area contributed by atoms with Crippen molar-refractivity contribution in [2.24, 2.45) is 0 Å². The third-order valence-electron chi connectivity index (χ3n) is 7.54. The van der Waals surface area contributed by atoms with Crippen LogP contribution in [0.15, 0.2) is 30.3 Å². The van der Waals surface area contributed by atoms with Crippen molar-refractivity contribution in [1.29, 1.82) is 0 Å². The Bertz CT molecular complexity index is 1380. The molecule has 0 aromatic heterocycles. The number of methoxy groups -OCH3 is 2. The molecule has 3 aliphatic rings. The fourth-order valence-electron chi connectivity index (χ4n) is 5.46. The minimum Gasteiger partial charge on any atom is -0.493 e. The molecule has 0 aliphatic carbocycles. The maximum Gasteiger partial charge on any atom is 0.339 e. The molecule has 0 saturated carbocycles. The zero-order valence-corrected chi connectivity index (χ0v) is 22.0. The molecule has 0 atom stereocenters. The van der Waals surface area contributed by atoms with Crippen LogP contribution in [0.1, 0.15) is 22.3 Å². The normalized spacial score (nSPS) is 17.0. The van der Waals surface area contributed by atoms with Crippen LogP contribution in [0.2, 0.25) is 0 Å². The van der Waals surface area contributed by atoms with Gasteiger partial charge in [-0.15, -0.1) is 0 Å². The molecule has 1 saturated heterocycles. The molecular formula is C29H32N2O7. The summed E-state index contributed by atoms with van der Waals surface area (Å²) in [6, 6.07) is 9.51. The van der Waals surface area contributed by atoms with Crippen LogP contribution >= 0.6 is 0 Å². The Morgan fingerprint density at radius 3 is 2.37 bits per heavy atom. The maximum atomic E-state index is 13.1. The largest absolute Gasteiger partial charge is 0.493 e. The number of likely N-dealkylation sites (N-methyl/N-ethyl adjacent to an activating group) is 1. The average molecular weight is 521 g/mol. The van der Waals surface area contributed by atoms with Crippen molar-refractivity contribution < 1.29 is 33.2 Å². The lowest BCUT2D eigenvalue weighted by atomic mass is 9.89. The van der Waals surface area contributed by atoms with Crippen LogP contribution < -0.4 is 23.7 Å². The van der Waals surface area contributed by atoms with Crippen LogP contribution in [-0.2, 0) is 11.3 Å². The maximum absolute atomic E-state index is 13.1. The number of piperazine rings is 1. The Hall–Kier alpha value is -3.69. The molecule has 0 bridgehead atoms. The molecule has 0 spiro atoms. The first-order valence-corrected chi connectivity index (χ1v) is 12.9. The van der Waals surface area contributed by atoms with Gasteiger partial charge in [-0.25, -0.2) is 4.79 Å². The topological polar surface area (TPSA) is 78.9 Å². The highest BCUT2D eigenvalue weighted by Crippen LogP contribution is 2.49. The molecule has 3 aromatic carbocycles. The molecule has 6 rings (SSSR count). The Kier molecular flexibility index (Phi) is 6.63. The summed E-state index contributed by atoms with van der Waals surface area (Å²) in [5.41, 5.74) is 2.84. The van der Waals surface area contributed by atoms with E-state index in [1.165, 1.54) is 0 Å². The van der Waals surface area contributed by atoms with E-state index in [0.717, 1.165) is 66.6 Å². The number of nitrogens with zero attached hydrogens (tertiary/aromatic N) is 2. The highest BCUT2D eigenvalue weighted by atomic mass is 16.7. The van der Waals surface area contributed by atoms with E-state index in [1.807, 2.05) is 30.3 Å². The SMILES string of the molecule is COc1cc2c(OCCCN3CCN(C)CC3)c3c(c(-c4ccc5c(c4)OCO5)c2cc1OC)C(=O)OC3.